The van der Waals surface area contributed by atoms with Gasteiger partial charge in [0.2, 0.25) is 5.91 Å². The molecule has 1 amide bonds. The van der Waals surface area contributed by atoms with Crippen LogP contribution in [0.2, 0.25) is 0 Å². The number of hydrogen-bond donors (Lipinski definition) is 4. The van der Waals surface area contributed by atoms with Crippen molar-refractivity contribution in [2.24, 2.45) is 17.4 Å². The Labute approximate surface area is 59.5 Å². The van der Waals surface area contributed by atoms with Crippen molar-refractivity contribution in [2.75, 3.05) is 6.61 Å². The van der Waals surface area contributed by atoms with E-state index in [1.165, 1.54) is 6.08 Å². The normalized spacial score (nSPS) is 9.80. The summed E-state index contributed by atoms with van der Waals surface area (Å²) in [6, 6.07) is 0. The highest BCUT2D eigenvalue weighted by molar-refractivity contribution is 5.91. The zero-order chi connectivity index (χ0) is 8.57. The fourth-order valence-corrected chi connectivity index (χ4v) is 0.238. The van der Waals surface area contributed by atoms with Gasteiger partial charge in [-0.2, -0.15) is 0 Å². The maximum absolute atomic E-state index is 10.1. The summed E-state index contributed by atoms with van der Waals surface area (Å²) in [5.41, 5.74) is 5.20. The predicted octanol–water partition coefficient (Wildman–Crippen LogP) is -1.77. The number of primary amides is 1. The Morgan fingerprint density at radius 1 is 1.60 bits per heavy atom. The van der Waals surface area contributed by atoms with Crippen LogP contribution >= 0.6 is 0 Å². The third-order valence-corrected chi connectivity index (χ3v) is 0.786. The van der Waals surface area contributed by atoms with Crippen LogP contribution in [0.5, 0.6) is 0 Å². The van der Waals surface area contributed by atoms with Crippen molar-refractivity contribution in [1.82, 2.24) is 0 Å². The Kier molecular flexibility index (Phi) is 9.57. The molecular formula is C5H13N3O2. The molecule has 0 heterocycles. The average molecular weight is 147 g/mol. The molecule has 0 bridgehead atoms. The maximum Gasteiger partial charge on any atom is 0.244 e. The van der Waals surface area contributed by atoms with Crippen molar-refractivity contribution >= 4 is 5.91 Å². The van der Waals surface area contributed by atoms with E-state index in [-0.39, 0.29) is 6.61 Å². The molecule has 0 spiro atoms. The number of hydrogen-bond acceptors (Lipinski definition) is 4. The number of carbonyl (C=O) groups is 1. The van der Waals surface area contributed by atoms with Gasteiger partial charge in [0.25, 0.3) is 0 Å². The number of aliphatic hydroxyl groups is 1. The Bertz CT molecular complexity index is 122. The molecule has 7 N–H and O–H groups in total. The Balaban J connectivity index is 0. The molecule has 0 aromatic heterocycles. The van der Waals surface area contributed by atoms with Gasteiger partial charge in [0.05, 0.1) is 6.61 Å². The van der Waals surface area contributed by atoms with E-state index in [1.54, 1.807) is 6.92 Å². The van der Waals surface area contributed by atoms with E-state index in [0.717, 1.165) is 0 Å². The van der Waals surface area contributed by atoms with Gasteiger partial charge in [-0.25, -0.2) is 0 Å². The second kappa shape index (κ2) is 8.09. The number of hydrazine groups is 1. The van der Waals surface area contributed by atoms with Gasteiger partial charge in [0.1, 0.15) is 0 Å². The smallest absolute Gasteiger partial charge is 0.244 e. The maximum atomic E-state index is 10.1. The van der Waals surface area contributed by atoms with Gasteiger partial charge >= 0.3 is 0 Å². The monoisotopic (exact) mass is 147 g/mol. The first-order chi connectivity index (χ1) is 4.68. The number of nitrogens with two attached hydrogens (primary N) is 3. The van der Waals surface area contributed by atoms with Crippen molar-refractivity contribution < 1.29 is 9.90 Å². The third-order valence-electron chi connectivity index (χ3n) is 0.786. The lowest BCUT2D eigenvalue weighted by atomic mass is 10.3. The van der Waals surface area contributed by atoms with Gasteiger partial charge in [-0.05, 0) is 6.92 Å². The highest BCUT2D eigenvalue weighted by Gasteiger charge is 1.92. The van der Waals surface area contributed by atoms with E-state index in [0.29, 0.717) is 5.57 Å². The van der Waals surface area contributed by atoms with Crippen molar-refractivity contribution in [3.8, 4) is 0 Å². The van der Waals surface area contributed by atoms with Gasteiger partial charge in [-0.3, -0.25) is 16.5 Å². The lowest BCUT2D eigenvalue weighted by molar-refractivity contribution is -0.114. The molecule has 0 radical (unpaired) electrons. The third kappa shape index (κ3) is 7.09. The minimum atomic E-state index is -0.487. The molecule has 10 heavy (non-hydrogen) atoms. The van der Waals surface area contributed by atoms with Crippen LogP contribution in [0, 0.1) is 0 Å². The second-order valence-electron chi connectivity index (χ2n) is 1.43. The van der Waals surface area contributed by atoms with Crippen LogP contribution < -0.4 is 17.4 Å². The summed E-state index contributed by atoms with van der Waals surface area (Å²) in [6.45, 7) is 1.42. The van der Waals surface area contributed by atoms with Gasteiger partial charge in [0.15, 0.2) is 0 Å². The topological polar surface area (TPSA) is 115 Å². The zero-order valence-electron chi connectivity index (χ0n) is 5.87. The van der Waals surface area contributed by atoms with Gasteiger partial charge in [-0.1, -0.05) is 6.08 Å². The number of rotatable bonds is 2. The first kappa shape index (κ1) is 11.8. The number of carbonyl (C=O) groups excluding carboxylic acids is 1. The predicted molar refractivity (Wildman–Crippen MR) is 38.4 cm³/mol. The van der Waals surface area contributed by atoms with Crippen LogP contribution in [0.1, 0.15) is 6.92 Å². The molecule has 60 valence electrons. The van der Waals surface area contributed by atoms with Crippen molar-refractivity contribution in [1.29, 1.82) is 0 Å². The summed E-state index contributed by atoms with van der Waals surface area (Å²) < 4.78 is 0. The molecule has 0 rings (SSSR count). The van der Waals surface area contributed by atoms with E-state index in [2.05, 4.69) is 11.7 Å². The van der Waals surface area contributed by atoms with Crippen LogP contribution in [0.25, 0.3) is 0 Å². The molecule has 0 aromatic rings. The lowest BCUT2D eigenvalue weighted by Crippen LogP contribution is -2.11. The molecule has 0 saturated carbocycles. The molecule has 0 aliphatic rings. The quantitative estimate of drug-likeness (QED) is 0.210. The largest absolute Gasteiger partial charge is 0.392 e. The fourth-order valence-electron chi connectivity index (χ4n) is 0.238. The summed E-state index contributed by atoms with van der Waals surface area (Å²) in [4.78, 5) is 10.1. The van der Waals surface area contributed by atoms with Crippen molar-refractivity contribution in [3.05, 3.63) is 11.6 Å². The summed E-state index contributed by atoms with van der Waals surface area (Å²) >= 11 is 0. The summed E-state index contributed by atoms with van der Waals surface area (Å²) in [7, 11) is 0. The molecule has 0 atom stereocenters. The molecule has 0 fully saturated rings. The lowest BCUT2D eigenvalue weighted by Gasteiger charge is -1.88. The van der Waals surface area contributed by atoms with Crippen molar-refractivity contribution in [2.45, 2.75) is 6.92 Å². The molecule has 0 saturated heterocycles. The first-order valence-electron chi connectivity index (χ1n) is 2.59. The summed E-state index contributed by atoms with van der Waals surface area (Å²) in [5.74, 6) is 7.51. The zero-order valence-corrected chi connectivity index (χ0v) is 5.87. The molecule has 0 aromatic carbocycles. The average Bonchev–Trinajstić information content (AvgIpc) is 1.93. The van der Waals surface area contributed by atoms with Crippen LogP contribution in [0.15, 0.2) is 11.6 Å². The van der Waals surface area contributed by atoms with Gasteiger partial charge < -0.3 is 10.8 Å². The van der Waals surface area contributed by atoms with E-state index >= 15 is 0 Å². The Morgan fingerprint density at radius 3 is 2.10 bits per heavy atom. The van der Waals surface area contributed by atoms with Crippen LogP contribution in [-0.4, -0.2) is 17.6 Å². The molecule has 0 unspecified atom stereocenters. The standard InChI is InChI=1S/C5H9NO2.H4N2/c1-4(2-3-7)5(6)8;1-2/h2,7H,3H2,1H3,(H2,6,8);1-2H2. The summed E-state index contributed by atoms with van der Waals surface area (Å²) in [5, 5.41) is 8.20. The highest BCUT2D eigenvalue weighted by Crippen LogP contribution is 1.86. The van der Waals surface area contributed by atoms with E-state index in [1.807, 2.05) is 0 Å². The first-order valence-corrected chi connectivity index (χ1v) is 2.59. The second-order valence-corrected chi connectivity index (χ2v) is 1.43. The fraction of sp³-hybridized carbons (Fsp3) is 0.400. The molecule has 5 nitrogen and oxygen atoms in total. The van der Waals surface area contributed by atoms with Gasteiger partial charge in [0, 0.05) is 5.57 Å². The number of amides is 1. The van der Waals surface area contributed by atoms with E-state index in [4.69, 9.17) is 10.8 Å². The van der Waals surface area contributed by atoms with Crippen LogP contribution in [0.3, 0.4) is 0 Å². The Morgan fingerprint density at radius 2 is 2.00 bits per heavy atom. The highest BCUT2D eigenvalue weighted by atomic mass is 16.2. The molecule has 0 aliphatic carbocycles. The Hall–Kier alpha value is -0.910. The van der Waals surface area contributed by atoms with E-state index < -0.39 is 5.91 Å². The minimum absolute atomic E-state index is 0.130. The van der Waals surface area contributed by atoms with Crippen molar-refractivity contribution in [3.63, 3.8) is 0 Å². The van der Waals surface area contributed by atoms with Crippen LogP contribution in [-0.2, 0) is 4.79 Å². The summed E-state index contributed by atoms with van der Waals surface area (Å²) in [6.07, 6.45) is 1.36. The number of aliphatic hydroxyl groups excluding tert-OH is 1. The molecular weight excluding hydrogens is 134 g/mol. The van der Waals surface area contributed by atoms with Crippen LogP contribution in [0.4, 0.5) is 0 Å². The van der Waals surface area contributed by atoms with E-state index in [9.17, 15) is 4.79 Å². The molecule has 0 aliphatic heterocycles. The minimum Gasteiger partial charge on any atom is -0.392 e. The molecule has 5 heteroatoms. The van der Waals surface area contributed by atoms with Gasteiger partial charge in [-0.15, -0.1) is 0 Å². The SMILES string of the molecule is CC(=CCO)C(N)=O.NN.